The van der Waals surface area contributed by atoms with Gasteiger partial charge >= 0.3 is 0 Å². The predicted octanol–water partition coefficient (Wildman–Crippen LogP) is 1.99. The van der Waals surface area contributed by atoms with Gasteiger partial charge in [-0.05, 0) is 31.0 Å². The van der Waals surface area contributed by atoms with Crippen molar-refractivity contribution in [1.82, 2.24) is 5.32 Å². The lowest BCUT2D eigenvalue weighted by atomic mass is 10.0. The number of ether oxygens (including phenoxy) is 1. The molecule has 14 heavy (non-hydrogen) atoms. The van der Waals surface area contributed by atoms with Gasteiger partial charge in [0.15, 0.2) is 0 Å². The Bertz CT molecular complexity index is 298. The fourth-order valence-electron chi connectivity index (χ4n) is 1.81. The van der Waals surface area contributed by atoms with Crippen molar-refractivity contribution in [2.45, 2.75) is 25.8 Å². The second kappa shape index (κ2) is 4.47. The van der Waals surface area contributed by atoms with Crippen molar-refractivity contribution in [1.29, 1.82) is 0 Å². The summed E-state index contributed by atoms with van der Waals surface area (Å²) in [6.45, 7) is 4.07. The summed E-state index contributed by atoms with van der Waals surface area (Å²) in [5.74, 6) is 1.06. The smallest absolute Gasteiger partial charge is 0.122 e. The molecule has 0 fully saturated rings. The van der Waals surface area contributed by atoms with Crippen LogP contribution in [0.4, 0.5) is 0 Å². The van der Waals surface area contributed by atoms with E-state index in [4.69, 9.17) is 4.74 Å². The Morgan fingerprint density at radius 2 is 2.29 bits per heavy atom. The van der Waals surface area contributed by atoms with Crippen LogP contribution in [0.25, 0.3) is 0 Å². The summed E-state index contributed by atoms with van der Waals surface area (Å²) in [6, 6.07) is 8.79. The number of rotatable bonds is 3. The SMILES string of the molecule is CCCN[C@@H]1COc2ccccc2C1. The zero-order chi connectivity index (χ0) is 9.80. The van der Waals surface area contributed by atoms with Crippen molar-refractivity contribution in [2.75, 3.05) is 13.2 Å². The van der Waals surface area contributed by atoms with Crippen molar-refractivity contribution in [3.63, 3.8) is 0 Å². The largest absolute Gasteiger partial charge is 0.492 e. The van der Waals surface area contributed by atoms with Gasteiger partial charge in [0.2, 0.25) is 0 Å². The lowest BCUT2D eigenvalue weighted by Gasteiger charge is -2.25. The normalized spacial score (nSPS) is 19.9. The molecule has 0 aromatic heterocycles. The Morgan fingerprint density at radius 3 is 3.14 bits per heavy atom. The summed E-state index contributed by atoms with van der Waals surface area (Å²) in [6.07, 6.45) is 2.27. The molecule has 2 rings (SSSR count). The topological polar surface area (TPSA) is 21.3 Å². The van der Waals surface area contributed by atoms with E-state index in [0.717, 1.165) is 25.3 Å². The van der Waals surface area contributed by atoms with Crippen LogP contribution < -0.4 is 10.1 Å². The molecular formula is C12H17NO. The summed E-state index contributed by atoms with van der Waals surface area (Å²) in [7, 11) is 0. The van der Waals surface area contributed by atoms with Crippen molar-refractivity contribution >= 4 is 0 Å². The fourth-order valence-corrected chi connectivity index (χ4v) is 1.81. The van der Waals surface area contributed by atoms with Crippen LogP contribution in [-0.2, 0) is 6.42 Å². The molecule has 1 aliphatic heterocycles. The average Bonchev–Trinajstić information content (AvgIpc) is 2.26. The predicted molar refractivity (Wildman–Crippen MR) is 57.7 cm³/mol. The van der Waals surface area contributed by atoms with Gasteiger partial charge < -0.3 is 10.1 Å². The Morgan fingerprint density at radius 1 is 1.43 bits per heavy atom. The molecule has 0 unspecified atom stereocenters. The molecule has 1 atom stereocenters. The molecule has 1 aromatic rings. The molecule has 2 nitrogen and oxygen atoms in total. The van der Waals surface area contributed by atoms with Crippen LogP contribution >= 0.6 is 0 Å². The van der Waals surface area contributed by atoms with Crippen LogP contribution in [0.3, 0.4) is 0 Å². The molecule has 1 aliphatic rings. The van der Waals surface area contributed by atoms with Gasteiger partial charge in [0.25, 0.3) is 0 Å². The number of nitrogens with one attached hydrogen (secondary N) is 1. The molecule has 0 amide bonds. The van der Waals surface area contributed by atoms with E-state index in [2.05, 4.69) is 24.4 Å². The van der Waals surface area contributed by atoms with Crippen molar-refractivity contribution < 1.29 is 4.74 Å². The standard InChI is InChI=1S/C12H17NO/c1-2-7-13-11-8-10-5-3-4-6-12(10)14-9-11/h3-6,11,13H,2,7-9H2,1H3/t11-/m0/s1. The zero-order valence-electron chi connectivity index (χ0n) is 8.62. The van der Waals surface area contributed by atoms with Crippen LogP contribution in [-0.4, -0.2) is 19.2 Å². The Labute approximate surface area is 85.3 Å². The molecule has 0 radical (unpaired) electrons. The van der Waals surface area contributed by atoms with E-state index in [1.54, 1.807) is 0 Å². The van der Waals surface area contributed by atoms with E-state index in [1.807, 2.05) is 12.1 Å². The van der Waals surface area contributed by atoms with Crippen molar-refractivity contribution in [2.24, 2.45) is 0 Å². The third-order valence-corrected chi connectivity index (χ3v) is 2.56. The summed E-state index contributed by atoms with van der Waals surface area (Å²) >= 11 is 0. The zero-order valence-corrected chi connectivity index (χ0v) is 8.62. The highest BCUT2D eigenvalue weighted by atomic mass is 16.5. The molecule has 0 aliphatic carbocycles. The Balaban J connectivity index is 1.99. The number of para-hydroxylation sites is 1. The van der Waals surface area contributed by atoms with Gasteiger partial charge in [0.05, 0.1) is 0 Å². The van der Waals surface area contributed by atoms with Crippen LogP contribution in [0.1, 0.15) is 18.9 Å². The first kappa shape index (κ1) is 9.53. The first-order valence-corrected chi connectivity index (χ1v) is 5.34. The maximum absolute atomic E-state index is 5.67. The second-order valence-corrected chi connectivity index (χ2v) is 3.77. The highest BCUT2D eigenvalue weighted by molar-refractivity contribution is 5.35. The van der Waals surface area contributed by atoms with E-state index in [0.29, 0.717) is 6.04 Å². The quantitative estimate of drug-likeness (QED) is 0.789. The molecule has 0 saturated heterocycles. The van der Waals surface area contributed by atoms with Crippen molar-refractivity contribution in [3.8, 4) is 5.75 Å². The molecular weight excluding hydrogens is 174 g/mol. The first-order chi connectivity index (χ1) is 6.90. The van der Waals surface area contributed by atoms with Gasteiger partial charge in [-0.1, -0.05) is 25.1 Å². The van der Waals surface area contributed by atoms with Gasteiger partial charge in [-0.2, -0.15) is 0 Å². The van der Waals surface area contributed by atoms with Gasteiger partial charge in [0.1, 0.15) is 12.4 Å². The van der Waals surface area contributed by atoms with E-state index in [-0.39, 0.29) is 0 Å². The summed E-state index contributed by atoms with van der Waals surface area (Å²) < 4.78 is 5.67. The van der Waals surface area contributed by atoms with Crippen molar-refractivity contribution in [3.05, 3.63) is 29.8 Å². The minimum Gasteiger partial charge on any atom is -0.492 e. The lowest BCUT2D eigenvalue weighted by Crippen LogP contribution is -2.39. The summed E-state index contributed by atoms with van der Waals surface area (Å²) in [5.41, 5.74) is 1.33. The molecule has 1 aromatic carbocycles. The van der Waals surface area contributed by atoms with Gasteiger partial charge in [-0.15, -0.1) is 0 Å². The van der Waals surface area contributed by atoms with Gasteiger partial charge in [-0.25, -0.2) is 0 Å². The minimum atomic E-state index is 0.491. The van der Waals surface area contributed by atoms with Crippen LogP contribution in [0.15, 0.2) is 24.3 Å². The molecule has 0 bridgehead atoms. The maximum Gasteiger partial charge on any atom is 0.122 e. The highest BCUT2D eigenvalue weighted by Crippen LogP contribution is 2.23. The molecule has 76 valence electrons. The van der Waals surface area contributed by atoms with Crippen LogP contribution in [0.5, 0.6) is 5.75 Å². The monoisotopic (exact) mass is 191 g/mol. The average molecular weight is 191 g/mol. The van der Waals surface area contributed by atoms with Gasteiger partial charge in [-0.3, -0.25) is 0 Å². The third kappa shape index (κ3) is 2.07. The third-order valence-electron chi connectivity index (χ3n) is 2.56. The Hall–Kier alpha value is -1.02. The van der Waals surface area contributed by atoms with Crippen LogP contribution in [0.2, 0.25) is 0 Å². The number of hydrogen-bond acceptors (Lipinski definition) is 2. The summed E-state index contributed by atoms with van der Waals surface area (Å²) in [4.78, 5) is 0. The van der Waals surface area contributed by atoms with E-state index >= 15 is 0 Å². The number of hydrogen-bond donors (Lipinski definition) is 1. The maximum atomic E-state index is 5.67. The Kier molecular flexibility index (Phi) is 3.04. The fraction of sp³-hybridized carbons (Fsp3) is 0.500. The van der Waals surface area contributed by atoms with E-state index in [1.165, 1.54) is 12.0 Å². The first-order valence-electron chi connectivity index (χ1n) is 5.34. The molecule has 1 N–H and O–H groups in total. The van der Waals surface area contributed by atoms with E-state index < -0.39 is 0 Å². The molecule has 0 spiro atoms. The minimum absolute atomic E-state index is 0.491. The number of fused-ring (bicyclic) bond motifs is 1. The lowest BCUT2D eigenvalue weighted by molar-refractivity contribution is 0.239. The van der Waals surface area contributed by atoms with E-state index in [9.17, 15) is 0 Å². The summed E-state index contributed by atoms with van der Waals surface area (Å²) in [5, 5.41) is 3.49. The molecule has 0 saturated carbocycles. The molecule has 2 heteroatoms. The van der Waals surface area contributed by atoms with Gasteiger partial charge in [0, 0.05) is 6.04 Å². The molecule has 1 heterocycles. The highest BCUT2D eigenvalue weighted by Gasteiger charge is 2.17. The second-order valence-electron chi connectivity index (χ2n) is 3.77. The number of benzene rings is 1. The van der Waals surface area contributed by atoms with Crippen LogP contribution in [0, 0.1) is 0 Å².